The van der Waals surface area contributed by atoms with Crippen molar-refractivity contribution < 1.29 is 14.6 Å². The Labute approximate surface area is 211 Å². The van der Waals surface area contributed by atoms with Crippen LogP contribution in [0, 0.1) is 6.92 Å². The highest BCUT2D eigenvalue weighted by molar-refractivity contribution is 5.81. The molecule has 2 N–H and O–H groups in total. The van der Waals surface area contributed by atoms with E-state index in [2.05, 4.69) is 23.3 Å². The molecule has 1 fully saturated rings. The number of aliphatic carboxylic acids is 1. The molecule has 1 saturated carbocycles. The van der Waals surface area contributed by atoms with Gasteiger partial charge in [0, 0.05) is 29.2 Å². The number of benzene rings is 2. The number of ether oxygens (including phenoxy) is 1. The van der Waals surface area contributed by atoms with E-state index in [1.807, 2.05) is 66.7 Å². The van der Waals surface area contributed by atoms with Crippen LogP contribution in [0.25, 0.3) is 11.3 Å². The summed E-state index contributed by atoms with van der Waals surface area (Å²) in [4.78, 5) is 21.0. The Morgan fingerprint density at radius 3 is 2.53 bits per heavy atom. The van der Waals surface area contributed by atoms with Crippen LogP contribution < -0.4 is 10.1 Å². The van der Waals surface area contributed by atoms with E-state index in [0.717, 1.165) is 28.4 Å². The maximum atomic E-state index is 11.7. The first-order valence-electron chi connectivity index (χ1n) is 12.1. The van der Waals surface area contributed by atoms with Crippen LogP contribution in [0.1, 0.15) is 49.4 Å². The first kappa shape index (κ1) is 23.5. The highest BCUT2D eigenvalue weighted by Crippen LogP contribution is 2.44. The lowest BCUT2D eigenvalue weighted by atomic mass is 9.84. The van der Waals surface area contributed by atoms with Gasteiger partial charge in [-0.15, -0.1) is 0 Å². The average Bonchev–Trinajstić information content (AvgIpc) is 3.71. The Hall–Kier alpha value is -4.19. The first-order chi connectivity index (χ1) is 17.3. The van der Waals surface area contributed by atoms with Gasteiger partial charge in [0.05, 0.1) is 5.41 Å². The summed E-state index contributed by atoms with van der Waals surface area (Å²) in [5, 5.41) is 12.9. The summed E-state index contributed by atoms with van der Waals surface area (Å²) in [6.07, 6.45) is 4.07. The summed E-state index contributed by atoms with van der Waals surface area (Å²) < 4.78 is 6.41. The van der Waals surface area contributed by atoms with Gasteiger partial charge in [0.15, 0.2) is 5.75 Å². The highest BCUT2D eigenvalue weighted by atomic mass is 16.5. The summed E-state index contributed by atoms with van der Waals surface area (Å²) in [6, 6.07) is 23.2. The maximum absolute atomic E-state index is 11.7. The lowest BCUT2D eigenvalue weighted by Gasteiger charge is -2.20. The van der Waals surface area contributed by atoms with Crippen molar-refractivity contribution in [1.29, 1.82) is 0 Å². The van der Waals surface area contributed by atoms with E-state index >= 15 is 0 Å². The number of aromatic nitrogens is 2. The second-order valence-electron chi connectivity index (χ2n) is 9.76. The van der Waals surface area contributed by atoms with Crippen molar-refractivity contribution >= 4 is 17.5 Å². The number of carbonyl (C=O) groups is 1. The molecule has 2 aromatic carbocycles. The van der Waals surface area contributed by atoms with Crippen molar-refractivity contribution in [3.05, 3.63) is 95.8 Å². The zero-order valence-electron chi connectivity index (χ0n) is 20.7. The topological polar surface area (TPSA) is 84.3 Å². The van der Waals surface area contributed by atoms with E-state index in [9.17, 15) is 9.90 Å². The second-order valence-corrected chi connectivity index (χ2v) is 9.76. The summed E-state index contributed by atoms with van der Waals surface area (Å²) >= 11 is 0. The SMILES string of the molecule is Cc1nc(-c2ccccc2)c(Oc2ccnc(Nc3cccc(C(C)(C)C(=O)O)c3)c2)cc1C1CC1. The van der Waals surface area contributed by atoms with Crippen LogP contribution in [-0.4, -0.2) is 21.0 Å². The zero-order valence-corrected chi connectivity index (χ0v) is 20.7. The molecule has 0 atom stereocenters. The van der Waals surface area contributed by atoms with E-state index < -0.39 is 11.4 Å². The van der Waals surface area contributed by atoms with Crippen molar-refractivity contribution in [2.75, 3.05) is 5.32 Å². The van der Waals surface area contributed by atoms with Crippen LogP contribution >= 0.6 is 0 Å². The van der Waals surface area contributed by atoms with Crippen molar-refractivity contribution in [1.82, 2.24) is 9.97 Å². The number of rotatable bonds is 8. The number of anilines is 2. The Kier molecular flexibility index (Phi) is 6.18. The van der Waals surface area contributed by atoms with E-state index in [-0.39, 0.29) is 0 Å². The number of carboxylic acids is 1. The number of hydrogen-bond acceptors (Lipinski definition) is 5. The van der Waals surface area contributed by atoms with E-state index in [1.54, 1.807) is 20.0 Å². The zero-order chi connectivity index (χ0) is 25.3. The molecule has 36 heavy (non-hydrogen) atoms. The van der Waals surface area contributed by atoms with Crippen LogP contribution in [0.4, 0.5) is 11.5 Å². The number of carboxylic acid groups (broad SMARTS) is 1. The number of nitrogens with one attached hydrogen (secondary N) is 1. The lowest BCUT2D eigenvalue weighted by Crippen LogP contribution is -2.28. The van der Waals surface area contributed by atoms with E-state index in [4.69, 9.17) is 9.72 Å². The number of hydrogen-bond donors (Lipinski definition) is 2. The summed E-state index contributed by atoms with van der Waals surface area (Å²) in [7, 11) is 0. The van der Waals surface area contributed by atoms with Crippen LogP contribution in [0.2, 0.25) is 0 Å². The third-order valence-corrected chi connectivity index (χ3v) is 6.63. The standard InChI is InChI=1S/C30H29N3O3/c1-19-25(20-12-13-20)18-26(28(32-19)21-8-5-4-6-9-21)36-24-14-15-31-27(17-24)33-23-11-7-10-22(16-23)30(2,3)29(34)35/h4-11,14-18,20H,12-13H2,1-3H3,(H,31,33)(H,34,35). The molecule has 0 unspecified atom stereocenters. The molecule has 0 spiro atoms. The number of aryl methyl sites for hydroxylation is 1. The lowest BCUT2D eigenvalue weighted by molar-refractivity contribution is -0.142. The van der Waals surface area contributed by atoms with Gasteiger partial charge in [0.1, 0.15) is 17.3 Å². The molecule has 0 aliphatic heterocycles. The normalized spacial score (nSPS) is 13.3. The monoisotopic (exact) mass is 479 g/mol. The molecule has 182 valence electrons. The Balaban J connectivity index is 1.44. The molecule has 0 saturated heterocycles. The molecule has 5 rings (SSSR count). The number of pyridine rings is 2. The van der Waals surface area contributed by atoms with Crippen LogP contribution in [0.5, 0.6) is 11.5 Å². The maximum Gasteiger partial charge on any atom is 0.313 e. The van der Waals surface area contributed by atoms with Gasteiger partial charge in [-0.2, -0.15) is 0 Å². The molecule has 1 aliphatic rings. The Morgan fingerprint density at radius 2 is 1.81 bits per heavy atom. The minimum Gasteiger partial charge on any atom is -0.481 e. The molecule has 6 nitrogen and oxygen atoms in total. The van der Waals surface area contributed by atoms with Gasteiger partial charge >= 0.3 is 5.97 Å². The fourth-order valence-corrected chi connectivity index (χ4v) is 4.22. The predicted octanol–water partition coefficient (Wildman–Crippen LogP) is 7.23. The molecule has 0 amide bonds. The molecule has 2 aromatic heterocycles. The Morgan fingerprint density at radius 1 is 1.03 bits per heavy atom. The van der Waals surface area contributed by atoms with Crippen molar-refractivity contribution in [2.24, 2.45) is 0 Å². The molecule has 2 heterocycles. The molecule has 0 bridgehead atoms. The van der Waals surface area contributed by atoms with Gasteiger partial charge in [-0.3, -0.25) is 4.79 Å². The molecular weight excluding hydrogens is 450 g/mol. The molecular formula is C30H29N3O3. The minimum absolute atomic E-state index is 0.557. The molecule has 1 aliphatic carbocycles. The smallest absolute Gasteiger partial charge is 0.313 e. The van der Waals surface area contributed by atoms with Crippen LogP contribution in [0.15, 0.2) is 79.0 Å². The van der Waals surface area contributed by atoms with Gasteiger partial charge < -0.3 is 15.2 Å². The van der Waals surface area contributed by atoms with E-state index in [1.165, 1.54) is 18.4 Å². The third-order valence-electron chi connectivity index (χ3n) is 6.63. The van der Waals surface area contributed by atoms with Crippen LogP contribution in [0.3, 0.4) is 0 Å². The first-order valence-corrected chi connectivity index (χ1v) is 12.1. The van der Waals surface area contributed by atoms with Crippen molar-refractivity contribution in [3.8, 4) is 22.8 Å². The van der Waals surface area contributed by atoms with Gasteiger partial charge in [0.2, 0.25) is 0 Å². The van der Waals surface area contributed by atoms with Crippen molar-refractivity contribution in [3.63, 3.8) is 0 Å². The summed E-state index contributed by atoms with van der Waals surface area (Å²) in [5.41, 5.74) is 4.57. The van der Waals surface area contributed by atoms with E-state index in [0.29, 0.717) is 23.0 Å². The minimum atomic E-state index is -0.998. The molecule has 6 heteroatoms. The van der Waals surface area contributed by atoms with Crippen LogP contribution in [-0.2, 0) is 10.2 Å². The van der Waals surface area contributed by atoms with Gasteiger partial charge in [-0.25, -0.2) is 9.97 Å². The molecule has 0 radical (unpaired) electrons. The quantitative estimate of drug-likeness (QED) is 0.277. The molecule has 4 aromatic rings. The third kappa shape index (κ3) is 4.93. The fraction of sp³-hybridized carbons (Fsp3) is 0.233. The van der Waals surface area contributed by atoms with Crippen molar-refractivity contribution in [2.45, 2.75) is 44.9 Å². The van der Waals surface area contributed by atoms with Gasteiger partial charge in [-0.05, 0) is 74.9 Å². The number of nitrogens with zero attached hydrogens (tertiary/aromatic N) is 2. The van der Waals surface area contributed by atoms with Gasteiger partial charge in [-0.1, -0.05) is 42.5 Å². The second kappa shape index (κ2) is 9.46. The Bertz CT molecular complexity index is 1410. The summed E-state index contributed by atoms with van der Waals surface area (Å²) in [5.74, 6) is 1.64. The highest BCUT2D eigenvalue weighted by Gasteiger charge is 2.30. The largest absolute Gasteiger partial charge is 0.481 e. The summed E-state index contributed by atoms with van der Waals surface area (Å²) in [6.45, 7) is 5.45. The predicted molar refractivity (Wildman–Crippen MR) is 141 cm³/mol. The van der Waals surface area contributed by atoms with Gasteiger partial charge in [0.25, 0.3) is 0 Å². The fourth-order valence-electron chi connectivity index (χ4n) is 4.22. The average molecular weight is 480 g/mol.